The summed E-state index contributed by atoms with van der Waals surface area (Å²) < 4.78 is 8.53. The molecule has 0 spiro atoms. The summed E-state index contributed by atoms with van der Waals surface area (Å²) in [5.74, 6) is 3.39. The van der Waals surface area contributed by atoms with E-state index in [1.807, 2.05) is 72.8 Å². The molecule has 1 aliphatic heterocycles. The van der Waals surface area contributed by atoms with Crippen LogP contribution in [0.1, 0.15) is 5.56 Å². The Morgan fingerprint density at radius 2 is 0.962 bits per heavy atom. The number of benzene rings is 7. The molecule has 0 saturated carbocycles. The maximum Gasteiger partial charge on any atom is 0.164 e. The molecule has 9 aromatic rings. The van der Waals surface area contributed by atoms with Crippen molar-refractivity contribution in [1.82, 2.24) is 19.5 Å². The van der Waals surface area contributed by atoms with E-state index in [0.717, 1.165) is 77.8 Å². The van der Waals surface area contributed by atoms with E-state index in [2.05, 4.69) is 108 Å². The largest absolute Gasteiger partial charge is 0.457 e. The Morgan fingerprint density at radius 1 is 0.404 bits per heavy atom. The number of aromatic nitrogens is 4. The lowest BCUT2D eigenvalue weighted by atomic mass is 9.93. The van der Waals surface area contributed by atoms with Crippen LogP contribution in [0, 0.1) is 0 Å². The van der Waals surface area contributed by atoms with Gasteiger partial charge in [-0.3, -0.25) is 0 Å². The zero-order valence-corrected chi connectivity index (χ0v) is 28.1. The zero-order valence-electron chi connectivity index (χ0n) is 28.1. The third-order valence-corrected chi connectivity index (χ3v) is 9.78. The van der Waals surface area contributed by atoms with Gasteiger partial charge in [-0.05, 0) is 65.2 Å². The second kappa shape index (κ2) is 12.0. The highest BCUT2D eigenvalue weighted by atomic mass is 16.5. The van der Waals surface area contributed by atoms with Gasteiger partial charge in [0.15, 0.2) is 17.5 Å². The minimum absolute atomic E-state index is 0.629. The lowest BCUT2D eigenvalue weighted by Gasteiger charge is -2.22. The second-order valence-corrected chi connectivity index (χ2v) is 13.0. The molecule has 2 aromatic heterocycles. The number of nitrogens with zero attached hydrogens (tertiary/aromatic N) is 4. The maximum absolute atomic E-state index is 6.20. The van der Waals surface area contributed by atoms with Gasteiger partial charge in [-0.1, -0.05) is 128 Å². The SMILES string of the molecule is C=C1Oc2ccccc2-c2cc3c4cc(-c5cccc(-c6nc(-c7ccccc7)nc(-c7ccccc7)n6)c5)ccc4n(-c4ccccc4)c3cc21. The Morgan fingerprint density at radius 3 is 1.67 bits per heavy atom. The van der Waals surface area contributed by atoms with Crippen molar-refractivity contribution in [2.45, 2.75) is 0 Å². The first-order valence-corrected chi connectivity index (χ1v) is 17.3. The van der Waals surface area contributed by atoms with Crippen LogP contribution in [0.3, 0.4) is 0 Å². The molecule has 0 amide bonds. The van der Waals surface area contributed by atoms with E-state index in [1.165, 1.54) is 0 Å². The van der Waals surface area contributed by atoms with Crippen molar-refractivity contribution < 1.29 is 4.74 Å². The highest BCUT2D eigenvalue weighted by Gasteiger charge is 2.24. The standard InChI is InChI=1S/C47H30N4O/c1-30-38-29-43-41(28-39(38)37-22-11-12-23-44(37)52-30)40-27-34(24-25-42(40)51(43)36-20-9-4-10-21-36)33-18-13-19-35(26-33)47-49-45(31-14-5-2-6-15-31)48-46(50-47)32-16-7-3-8-17-32/h2-29H,1H2. The lowest BCUT2D eigenvalue weighted by Crippen LogP contribution is -2.04. The molecule has 5 heteroatoms. The van der Waals surface area contributed by atoms with E-state index >= 15 is 0 Å². The van der Waals surface area contributed by atoms with Crippen LogP contribution in [0.15, 0.2) is 176 Å². The smallest absolute Gasteiger partial charge is 0.164 e. The maximum atomic E-state index is 6.20. The molecule has 0 fully saturated rings. The summed E-state index contributed by atoms with van der Waals surface area (Å²) in [7, 11) is 0. The van der Waals surface area contributed by atoms with Gasteiger partial charge >= 0.3 is 0 Å². The zero-order chi connectivity index (χ0) is 34.6. The van der Waals surface area contributed by atoms with Gasteiger partial charge in [0.05, 0.1) is 11.0 Å². The van der Waals surface area contributed by atoms with Crippen LogP contribution in [0.4, 0.5) is 0 Å². The molecule has 0 N–H and O–H groups in total. The predicted octanol–water partition coefficient (Wildman–Crippen LogP) is 11.7. The molecular weight excluding hydrogens is 637 g/mol. The molecule has 7 aromatic carbocycles. The molecule has 52 heavy (non-hydrogen) atoms. The van der Waals surface area contributed by atoms with Gasteiger partial charge in [0.1, 0.15) is 11.5 Å². The Hall–Kier alpha value is -7.11. The fourth-order valence-corrected chi connectivity index (χ4v) is 7.30. The normalized spacial score (nSPS) is 12.0. The third-order valence-electron chi connectivity index (χ3n) is 9.78. The second-order valence-electron chi connectivity index (χ2n) is 13.0. The summed E-state index contributed by atoms with van der Waals surface area (Å²) in [5, 5.41) is 2.33. The van der Waals surface area contributed by atoms with Crippen LogP contribution in [0.2, 0.25) is 0 Å². The molecule has 3 heterocycles. The topological polar surface area (TPSA) is 52.8 Å². The predicted molar refractivity (Wildman–Crippen MR) is 211 cm³/mol. The summed E-state index contributed by atoms with van der Waals surface area (Å²) in [6.07, 6.45) is 0. The van der Waals surface area contributed by atoms with Gasteiger partial charge in [0, 0.05) is 44.3 Å². The van der Waals surface area contributed by atoms with E-state index in [-0.39, 0.29) is 0 Å². The molecule has 0 radical (unpaired) electrons. The molecule has 244 valence electrons. The Balaban J connectivity index is 1.15. The number of para-hydroxylation sites is 2. The van der Waals surface area contributed by atoms with Crippen molar-refractivity contribution in [3.63, 3.8) is 0 Å². The Labute approximate surface area is 300 Å². The van der Waals surface area contributed by atoms with Crippen LogP contribution in [0.25, 0.3) is 89.7 Å². The summed E-state index contributed by atoms with van der Waals surface area (Å²) in [6.45, 7) is 4.30. The summed E-state index contributed by atoms with van der Waals surface area (Å²) in [6, 6.07) is 58.6. The van der Waals surface area contributed by atoms with Crippen molar-refractivity contribution in [3.05, 3.63) is 182 Å². The number of ether oxygens (including phenoxy) is 1. The fraction of sp³-hybridized carbons (Fsp3) is 0. The highest BCUT2D eigenvalue weighted by Crippen LogP contribution is 2.45. The van der Waals surface area contributed by atoms with E-state index in [4.69, 9.17) is 19.7 Å². The van der Waals surface area contributed by atoms with Crippen LogP contribution in [0.5, 0.6) is 5.75 Å². The first-order valence-electron chi connectivity index (χ1n) is 17.3. The van der Waals surface area contributed by atoms with Crippen LogP contribution >= 0.6 is 0 Å². The fourth-order valence-electron chi connectivity index (χ4n) is 7.30. The number of hydrogen-bond donors (Lipinski definition) is 0. The number of fused-ring (bicyclic) bond motifs is 6. The number of hydrogen-bond acceptors (Lipinski definition) is 4. The summed E-state index contributed by atoms with van der Waals surface area (Å²) in [4.78, 5) is 14.9. The Bertz CT molecular complexity index is 2770. The average molecular weight is 667 g/mol. The minimum atomic E-state index is 0.629. The van der Waals surface area contributed by atoms with Gasteiger partial charge in [0.25, 0.3) is 0 Å². The molecular formula is C47H30N4O. The van der Waals surface area contributed by atoms with Gasteiger partial charge < -0.3 is 9.30 Å². The van der Waals surface area contributed by atoms with Crippen molar-refractivity contribution >= 4 is 27.6 Å². The highest BCUT2D eigenvalue weighted by molar-refractivity contribution is 6.13. The van der Waals surface area contributed by atoms with Crippen LogP contribution < -0.4 is 4.74 Å². The third kappa shape index (κ3) is 4.98. The van der Waals surface area contributed by atoms with E-state index in [9.17, 15) is 0 Å². The molecule has 1 aliphatic rings. The van der Waals surface area contributed by atoms with Crippen molar-refractivity contribution in [3.8, 4) is 67.9 Å². The molecule has 10 rings (SSSR count). The van der Waals surface area contributed by atoms with Crippen LogP contribution in [-0.4, -0.2) is 19.5 Å². The van der Waals surface area contributed by atoms with Gasteiger partial charge in [-0.15, -0.1) is 0 Å². The lowest BCUT2D eigenvalue weighted by molar-refractivity contribution is 0.514. The van der Waals surface area contributed by atoms with Gasteiger partial charge in [-0.25, -0.2) is 15.0 Å². The van der Waals surface area contributed by atoms with Crippen molar-refractivity contribution in [2.24, 2.45) is 0 Å². The van der Waals surface area contributed by atoms with Gasteiger partial charge in [0.2, 0.25) is 0 Å². The van der Waals surface area contributed by atoms with Crippen LogP contribution in [-0.2, 0) is 0 Å². The molecule has 0 atom stereocenters. The molecule has 0 unspecified atom stereocenters. The molecule has 5 nitrogen and oxygen atoms in total. The molecule has 0 saturated heterocycles. The van der Waals surface area contributed by atoms with Crippen molar-refractivity contribution in [1.29, 1.82) is 0 Å². The number of rotatable bonds is 5. The minimum Gasteiger partial charge on any atom is -0.457 e. The summed E-state index contributed by atoms with van der Waals surface area (Å²) in [5.41, 5.74) is 11.5. The molecule has 0 bridgehead atoms. The quantitative estimate of drug-likeness (QED) is 0.183. The summed E-state index contributed by atoms with van der Waals surface area (Å²) >= 11 is 0. The van der Waals surface area contributed by atoms with E-state index in [0.29, 0.717) is 23.2 Å². The Kier molecular flexibility index (Phi) is 6.89. The average Bonchev–Trinajstić information content (AvgIpc) is 3.54. The first-order chi connectivity index (χ1) is 25.7. The first kappa shape index (κ1) is 29.8. The van der Waals surface area contributed by atoms with Gasteiger partial charge in [-0.2, -0.15) is 0 Å². The van der Waals surface area contributed by atoms with Crippen molar-refractivity contribution in [2.75, 3.05) is 0 Å². The van der Waals surface area contributed by atoms with E-state index < -0.39 is 0 Å². The monoisotopic (exact) mass is 666 g/mol. The molecule has 0 aliphatic carbocycles. The van der Waals surface area contributed by atoms with E-state index in [1.54, 1.807) is 0 Å².